The monoisotopic (exact) mass is 392 g/mol. The maximum atomic E-state index is 12.5. The molecule has 0 saturated heterocycles. The van der Waals surface area contributed by atoms with E-state index in [0.717, 1.165) is 11.1 Å². The summed E-state index contributed by atoms with van der Waals surface area (Å²) < 4.78 is 4.83. The van der Waals surface area contributed by atoms with Crippen LogP contribution in [0.5, 0.6) is 0 Å². The fraction of sp³-hybridized carbons (Fsp3) is 0.263. The number of hydrogen-bond donors (Lipinski definition) is 2. The highest BCUT2D eigenvalue weighted by atomic mass is 35.5. The van der Waals surface area contributed by atoms with Gasteiger partial charge >= 0.3 is 5.97 Å². The summed E-state index contributed by atoms with van der Waals surface area (Å²) in [7, 11) is 1.33. The first kappa shape index (κ1) is 18.5. The molecular formula is C19H18Cl2N2O3. The van der Waals surface area contributed by atoms with Crippen molar-refractivity contribution in [3.05, 3.63) is 63.6 Å². The highest BCUT2D eigenvalue weighted by molar-refractivity contribution is 6.35. The number of carbonyl (C=O) groups excluding carboxylic acids is 2. The summed E-state index contributed by atoms with van der Waals surface area (Å²) in [5.74, 6) is -0.558. The molecule has 2 N–H and O–H groups in total. The summed E-state index contributed by atoms with van der Waals surface area (Å²) in [6.07, 6.45) is 0.579. The average molecular weight is 393 g/mol. The lowest BCUT2D eigenvalue weighted by Gasteiger charge is -2.33. The van der Waals surface area contributed by atoms with Crippen molar-refractivity contribution >= 4 is 40.8 Å². The zero-order valence-electron chi connectivity index (χ0n) is 14.1. The van der Waals surface area contributed by atoms with E-state index in [-0.39, 0.29) is 12.3 Å². The van der Waals surface area contributed by atoms with Gasteiger partial charge in [0, 0.05) is 27.7 Å². The van der Waals surface area contributed by atoms with Crippen molar-refractivity contribution < 1.29 is 14.3 Å². The summed E-state index contributed by atoms with van der Waals surface area (Å²) in [6.45, 7) is 0. The molecule has 0 radical (unpaired) electrons. The Morgan fingerprint density at radius 2 is 1.96 bits per heavy atom. The van der Waals surface area contributed by atoms with Gasteiger partial charge in [-0.2, -0.15) is 0 Å². The van der Waals surface area contributed by atoms with E-state index in [9.17, 15) is 9.59 Å². The molecule has 2 aromatic carbocycles. The van der Waals surface area contributed by atoms with Crippen LogP contribution >= 0.6 is 23.2 Å². The first-order valence-electron chi connectivity index (χ1n) is 8.14. The van der Waals surface area contributed by atoms with E-state index < -0.39 is 18.1 Å². The topological polar surface area (TPSA) is 67.4 Å². The number of benzene rings is 2. The van der Waals surface area contributed by atoms with E-state index in [1.807, 2.05) is 30.3 Å². The molecule has 0 spiro atoms. The Morgan fingerprint density at radius 1 is 1.23 bits per heavy atom. The molecule has 26 heavy (non-hydrogen) atoms. The molecule has 0 aliphatic carbocycles. The molecule has 136 valence electrons. The second kappa shape index (κ2) is 7.98. The van der Waals surface area contributed by atoms with Gasteiger partial charge in [0.15, 0.2) is 0 Å². The van der Waals surface area contributed by atoms with Crippen LogP contribution in [0.2, 0.25) is 10.0 Å². The van der Waals surface area contributed by atoms with Crippen LogP contribution in [0.4, 0.5) is 5.69 Å². The molecule has 1 amide bonds. The molecule has 0 bridgehead atoms. The molecule has 2 atom stereocenters. The lowest BCUT2D eigenvalue weighted by Crippen LogP contribution is -2.42. The van der Waals surface area contributed by atoms with E-state index >= 15 is 0 Å². The smallest absolute Gasteiger partial charge is 0.328 e. The normalized spacial score (nSPS) is 18.4. The standard InChI is InChI=1S/C19H18Cl2N2O3/c1-26-19(25)16-10-15(18-13(21)8-12(20)9-14(18)22-16)23-17(24)7-11-5-3-2-4-6-11/h2-6,8-9,15-16,22H,7,10H2,1H3,(H,23,24)/t15-,16+/m0/s1. The predicted molar refractivity (Wildman–Crippen MR) is 102 cm³/mol. The van der Waals surface area contributed by atoms with E-state index in [2.05, 4.69) is 10.6 Å². The molecule has 7 heteroatoms. The highest BCUT2D eigenvalue weighted by Gasteiger charge is 2.34. The molecule has 0 saturated carbocycles. The minimum absolute atomic E-state index is 0.149. The lowest BCUT2D eigenvalue weighted by atomic mass is 9.92. The van der Waals surface area contributed by atoms with E-state index in [4.69, 9.17) is 27.9 Å². The minimum atomic E-state index is -0.593. The Balaban J connectivity index is 1.85. The van der Waals surface area contributed by atoms with Gasteiger partial charge in [0.1, 0.15) is 6.04 Å². The number of fused-ring (bicyclic) bond motifs is 1. The fourth-order valence-corrected chi connectivity index (χ4v) is 3.74. The van der Waals surface area contributed by atoms with Crippen molar-refractivity contribution in [2.45, 2.75) is 24.9 Å². The molecule has 5 nitrogen and oxygen atoms in total. The van der Waals surface area contributed by atoms with Gasteiger partial charge in [-0.1, -0.05) is 53.5 Å². The Bertz CT molecular complexity index is 827. The summed E-state index contributed by atoms with van der Waals surface area (Å²) in [5.41, 5.74) is 2.25. The third-order valence-corrected chi connectivity index (χ3v) is 4.80. The zero-order chi connectivity index (χ0) is 18.7. The van der Waals surface area contributed by atoms with Crippen molar-refractivity contribution in [3.63, 3.8) is 0 Å². The van der Waals surface area contributed by atoms with Gasteiger partial charge < -0.3 is 15.4 Å². The van der Waals surface area contributed by atoms with Crippen molar-refractivity contribution in [3.8, 4) is 0 Å². The Kier molecular flexibility index (Phi) is 5.69. The third kappa shape index (κ3) is 4.11. The number of ether oxygens (including phenoxy) is 1. The van der Waals surface area contributed by atoms with Gasteiger partial charge in [0.2, 0.25) is 5.91 Å². The molecule has 0 fully saturated rings. The summed E-state index contributed by atoms with van der Waals surface area (Å²) in [5, 5.41) is 6.95. The van der Waals surface area contributed by atoms with Gasteiger partial charge in [-0.05, 0) is 17.7 Å². The molecule has 1 heterocycles. The van der Waals surface area contributed by atoms with Crippen LogP contribution in [0.15, 0.2) is 42.5 Å². The predicted octanol–water partition coefficient (Wildman–Crippen LogP) is 3.75. The van der Waals surface area contributed by atoms with Crippen LogP contribution in [-0.2, 0) is 20.7 Å². The largest absolute Gasteiger partial charge is 0.467 e. The molecule has 1 aliphatic rings. The van der Waals surface area contributed by atoms with Gasteiger partial charge in [0.05, 0.1) is 19.6 Å². The second-order valence-corrected chi connectivity index (χ2v) is 6.93. The number of halogens is 2. The molecule has 0 aromatic heterocycles. The number of rotatable bonds is 4. The quantitative estimate of drug-likeness (QED) is 0.777. The number of amides is 1. The van der Waals surface area contributed by atoms with Crippen LogP contribution in [0.1, 0.15) is 23.6 Å². The van der Waals surface area contributed by atoms with Crippen LogP contribution in [0, 0.1) is 0 Å². The van der Waals surface area contributed by atoms with Crippen molar-refractivity contribution in [1.82, 2.24) is 5.32 Å². The first-order chi connectivity index (χ1) is 12.5. The fourth-order valence-electron chi connectivity index (χ4n) is 3.11. The van der Waals surface area contributed by atoms with Crippen molar-refractivity contribution in [2.75, 3.05) is 12.4 Å². The molecular weight excluding hydrogens is 375 g/mol. The summed E-state index contributed by atoms with van der Waals surface area (Å²) in [4.78, 5) is 24.5. The Morgan fingerprint density at radius 3 is 2.65 bits per heavy atom. The number of carbonyl (C=O) groups is 2. The van der Waals surface area contributed by atoms with Crippen LogP contribution < -0.4 is 10.6 Å². The van der Waals surface area contributed by atoms with Crippen molar-refractivity contribution in [1.29, 1.82) is 0 Å². The Labute approximate surface area is 161 Å². The number of methoxy groups -OCH3 is 1. The molecule has 3 rings (SSSR count). The second-order valence-electron chi connectivity index (χ2n) is 6.09. The third-order valence-electron chi connectivity index (χ3n) is 4.27. The maximum absolute atomic E-state index is 12.5. The number of esters is 1. The van der Waals surface area contributed by atoms with Crippen molar-refractivity contribution in [2.24, 2.45) is 0 Å². The molecule has 0 unspecified atom stereocenters. The molecule has 2 aromatic rings. The lowest BCUT2D eigenvalue weighted by molar-refractivity contribution is -0.142. The van der Waals surface area contributed by atoms with E-state index in [1.165, 1.54) is 7.11 Å². The van der Waals surface area contributed by atoms with Crippen LogP contribution in [0.3, 0.4) is 0 Å². The van der Waals surface area contributed by atoms with Gasteiger partial charge in [0.25, 0.3) is 0 Å². The van der Waals surface area contributed by atoms with Crippen LogP contribution in [0.25, 0.3) is 0 Å². The van der Waals surface area contributed by atoms with Gasteiger partial charge in [-0.25, -0.2) is 4.79 Å². The number of nitrogens with one attached hydrogen (secondary N) is 2. The SMILES string of the molecule is COC(=O)[C@H]1C[C@H](NC(=O)Cc2ccccc2)c2c(Cl)cc(Cl)cc2N1. The molecule has 1 aliphatic heterocycles. The average Bonchev–Trinajstić information content (AvgIpc) is 2.60. The highest BCUT2D eigenvalue weighted by Crippen LogP contribution is 2.40. The first-order valence-corrected chi connectivity index (χ1v) is 8.90. The Hall–Kier alpha value is -2.24. The maximum Gasteiger partial charge on any atom is 0.328 e. The zero-order valence-corrected chi connectivity index (χ0v) is 15.6. The summed E-state index contributed by atoms with van der Waals surface area (Å²) in [6, 6.07) is 11.7. The van der Waals surface area contributed by atoms with E-state index in [0.29, 0.717) is 22.2 Å². The van der Waals surface area contributed by atoms with Gasteiger partial charge in [-0.15, -0.1) is 0 Å². The number of hydrogen-bond acceptors (Lipinski definition) is 4. The van der Waals surface area contributed by atoms with E-state index in [1.54, 1.807) is 12.1 Å². The number of anilines is 1. The van der Waals surface area contributed by atoms with Gasteiger partial charge in [-0.3, -0.25) is 4.79 Å². The van der Waals surface area contributed by atoms with Crippen LogP contribution in [-0.4, -0.2) is 25.0 Å². The summed E-state index contributed by atoms with van der Waals surface area (Å²) >= 11 is 12.4. The minimum Gasteiger partial charge on any atom is -0.467 e.